The van der Waals surface area contributed by atoms with Crippen molar-refractivity contribution >= 4 is 15.9 Å². The topological polar surface area (TPSA) is 30.7 Å². The van der Waals surface area contributed by atoms with Crippen LogP contribution in [0.4, 0.5) is 0 Å². The van der Waals surface area contributed by atoms with Crippen LogP contribution < -0.4 is 0 Å². The van der Waals surface area contributed by atoms with Crippen molar-refractivity contribution in [2.45, 2.75) is 13.5 Å². The van der Waals surface area contributed by atoms with Crippen LogP contribution in [0, 0.1) is 6.92 Å². The Balaban J connectivity index is 2.19. The summed E-state index contributed by atoms with van der Waals surface area (Å²) in [6.07, 6.45) is 3.60. The van der Waals surface area contributed by atoms with Gasteiger partial charge in [-0.1, -0.05) is 0 Å². The van der Waals surface area contributed by atoms with E-state index in [1.807, 2.05) is 29.8 Å². The van der Waals surface area contributed by atoms with Gasteiger partial charge in [0.25, 0.3) is 0 Å². The predicted molar refractivity (Wildman–Crippen MR) is 58.0 cm³/mol. The van der Waals surface area contributed by atoms with E-state index in [4.69, 9.17) is 0 Å². The molecule has 0 atom stereocenters. The number of nitrogens with zero attached hydrogens (tertiary/aromatic N) is 3. The first-order valence-corrected chi connectivity index (χ1v) is 5.14. The Morgan fingerprint density at radius 1 is 1.36 bits per heavy atom. The molecule has 0 aliphatic heterocycles. The summed E-state index contributed by atoms with van der Waals surface area (Å²) in [5.41, 5.74) is 2.16. The predicted octanol–water partition coefficient (Wildman–Crippen LogP) is 2.40. The minimum Gasteiger partial charge on any atom is -0.264 e. The fourth-order valence-corrected chi connectivity index (χ4v) is 1.45. The third-order valence-electron chi connectivity index (χ3n) is 2.03. The minimum atomic E-state index is 0.728. The first-order valence-electron chi connectivity index (χ1n) is 4.34. The lowest BCUT2D eigenvalue weighted by molar-refractivity contribution is 0.652. The highest BCUT2D eigenvalue weighted by Crippen LogP contribution is 2.08. The minimum absolute atomic E-state index is 0.728. The van der Waals surface area contributed by atoms with E-state index < -0.39 is 0 Å². The van der Waals surface area contributed by atoms with Gasteiger partial charge in [0, 0.05) is 22.6 Å². The van der Waals surface area contributed by atoms with E-state index in [9.17, 15) is 0 Å². The van der Waals surface area contributed by atoms with E-state index in [1.165, 1.54) is 0 Å². The number of aryl methyl sites for hydroxylation is 1. The first-order chi connectivity index (χ1) is 6.75. The van der Waals surface area contributed by atoms with Gasteiger partial charge in [0.1, 0.15) is 0 Å². The quantitative estimate of drug-likeness (QED) is 0.821. The zero-order valence-corrected chi connectivity index (χ0v) is 9.40. The molecular formula is C10H10BrN3. The van der Waals surface area contributed by atoms with E-state index in [0.29, 0.717) is 0 Å². The molecule has 0 aliphatic carbocycles. The molecule has 0 aromatic carbocycles. The number of halogens is 1. The lowest BCUT2D eigenvalue weighted by Gasteiger charge is -2.03. The second-order valence-electron chi connectivity index (χ2n) is 3.10. The zero-order valence-electron chi connectivity index (χ0n) is 7.81. The van der Waals surface area contributed by atoms with Crippen molar-refractivity contribution in [3.63, 3.8) is 0 Å². The van der Waals surface area contributed by atoms with Crippen molar-refractivity contribution in [1.29, 1.82) is 0 Å². The first kappa shape index (κ1) is 9.40. The van der Waals surface area contributed by atoms with Crippen LogP contribution in [0.1, 0.15) is 11.4 Å². The van der Waals surface area contributed by atoms with Gasteiger partial charge < -0.3 is 0 Å². The normalized spacial score (nSPS) is 10.4. The molecule has 3 nitrogen and oxygen atoms in total. The molecule has 72 valence electrons. The van der Waals surface area contributed by atoms with Gasteiger partial charge >= 0.3 is 0 Å². The van der Waals surface area contributed by atoms with Crippen LogP contribution in [0.5, 0.6) is 0 Å². The Labute approximate surface area is 90.9 Å². The van der Waals surface area contributed by atoms with Gasteiger partial charge in [0.15, 0.2) is 0 Å². The molecule has 0 saturated carbocycles. The zero-order chi connectivity index (χ0) is 9.97. The average molecular weight is 252 g/mol. The summed E-state index contributed by atoms with van der Waals surface area (Å²) >= 11 is 3.35. The Hall–Kier alpha value is -1.16. The number of hydrogen-bond acceptors (Lipinski definition) is 2. The Bertz CT molecular complexity index is 419. The van der Waals surface area contributed by atoms with Crippen LogP contribution in [0.3, 0.4) is 0 Å². The summed E-state index contributed by atoms with van der Waals surface area (Å²) in [4.78, 5) is 4.29. The summed E-state index contributed by atoms with van der Waals surface area (Å²) in [5.74, 6) is 0. The van der Waals surface area contributed by atoms with E-state index in [0.717, 1.165) is 22.4 Å². The molecule has 0 amide bonds. The summed E-state index contributed by atoms with van der Waals surface area (Å²) in [6, 6.07) is 5.96. The molecule has 2 rings (SSSR count). The third-order valence-corrected chi connectivity index (χ3v) is 2.50. The molecule has 4 heteroatoms. The summed E-state index contributed by atoms with van der Waals surface area (Å²) in [7, 11) is 0. The molecule has 0 radical (unpaired) electrons. The van der Waals surface area contributed by atoms with E-state index >= 15 is 0 Å². The summed E-state index contributed by atoms with van der Waals surface area (Å²) < 4.78 is 2.93. The molecule has 2 heterocycles. The molecule has 0 unspecified atom stereocenters. The van der Waals surface area contributed by atoms with Gasteiger partial charge in [0.05, 0.1) is 12.2 Å². The number of aromatic nitrogens is 3. The molecular weight excluding hydrogens is 242 g/mol. The molecule has 0 bridgehead atoms. The molecule has 2 aromatic heterocycles. The van der Waals surface area contributed by atoms with Gasteiger partial charge in [0.2, 0.25) is 0 Å². The fourth-order valence-electron chi connectivity index (χ4n) is 1.22. The van der Waals surface area contributed by atoms with Crippen molar-refractivity contribution in [2.24, 2.45) is 0 Å². The van der Waals surface area contributed by atoms with Gasteiger partial charge in [-0.15, -0.1) is 0 Å². The smallest absolute Gasteiger partial charge is 0.0834 e. The number of hydrogen-bond donors (Lipinski definition) is 0. The maximum absolute atomic E-state index is 4.29. The summed E-state index contributed by atoms with van der Waals surface area (Å²) in [6.45, 7) is 2.76. The Morgan fingerprint density at radius 3 is 2.79 bits per heavy atom. The maximum Gasteiger partial charge on any atom is 0.0834 e. The Kier molecular flexibility index (Phi) is 2.63. The number of pyridine rings is 1. The van der Waals surface area contributed by atoms with Crippen molar-refractivity contribution in [2.75, 3.05) is 0 Å². The van der Waals surface area contributed by atoms with E-state index in [1.54, 1.807) is 12.4 Å². The molecule has 0 N–H and O–H groups in total. The maximum atomic E-state index is 4.29. The van der Waals surface area contributed by atoms with Gasteiger partial charge in [-0.25, -0.2) is 0 Å². The molecule has 0 fully saturated rings. The van der Waals surface area contributed by atoms with E-state index in [-0.39, 0.29) is 0 Å². The highest BCUT2D eigenvalue weighted by Gasteiger charge is 1.99. The van der Waals surface area contributed by atoms with Crippen LogP contribution in [0.2, 0.25) is 0 Å². The van der Waals surface area contributed by atoms with E-state index in [2.05, 4.69) is 26.0 Å². The van der Waals surface area contributed by atoms with Crippen LogP contribution in [-0.2, 0) is 6.54 Å². The largest absolute Gasteiger partial charge is 0.264 e. The Morgan fingerprint density at radius 2 is 2.21 bits per heavy atom. The molecule has 2 aromatic rings. The van der Waals surface area contributed by atoms with Crippen LogP contribution >= 0.6 is 15.9 Å². The molecule has 14 heavy (non-hydrogen) atoms. The molecule has 0 aliphatic rings. The van der Waals surface area contributed by atoms with Crippen LogP contribution in [0.25, 0.3) is 0 Å². The SMILES string of the molecule is Cc1ccnn1Cc1ccc(Br)cn1. The summed E-state index contributed by atoms with van der Waals surface area (Å²) in [5, 5.41) is 4.20. The highest BCUT2D eigenvalue weighted by molar-refractivity contribution is 9.10. The highest BCUT2D eigenvalue weighted by atomic mass is 79.9. The standard InChI is InChI=1S/C10H10BrN3/c1-8-4-5-13-14(8)7-10-3-2-9(11)6-12-10/h2-6H,7H2,1H3. The third kappa shape index (κ3) is 2.01. The van der Waals surface area contributed by atoms with Crippen molar-refractivity contribution in [3.8, 4) is 0 Å². The monoisotopic (exact) mass is 251 g/mol. The second kappa shape index (κ2) is 3.92. The van der Waals surface area contributed by atoms with Crippen LogP contribution in [-0.4, -0.2) is 14.8 Å². The van der Waals surface area contributed by atoms with Crippen molar-refractivity contribution in [3.05, 3.63) is 46.5 Å². The lowest BCUT2D eigenvalue weighted by atomic mass is 10.3. The van der Waals surface area contributed by atoms with Gasteiger partial charge in [-0.05, 0) is 41.1 Å². The lowest BCUT2D eigenvalue weighted by Crippen LogP contribution is -2.04. The fraction of sp³-hybridized carbons (Fsp3) is 0.200. The van der Waals surface area contributed by atoms with Crippen LogP contribution in [0.15, 0.2) is 35.1 Å². The van der Waals surface area contributed by atoms with Crippen molar-refractivity contribution in [1.82, 2.24) is 14.8 Å². The van der Waals surface area contributed by atoms with Crippen molar-refractivity contribution < 1.29 is 0 Å². The van der Waals surface area contributed by atoms with Gasteiger partial charge in [-0.2, -0.15) is 5.10 Å². The van der Waals surface area contributed by atoms with Gasteiger partial charge in [-0.3, -0.25) is 9.67 Å². The average Bonchev–Trinajstić information content (AvgIpc) is 2.56. The second-order valence-corrected chi connectivity index (χ2v) is 4.01. The molecule has 0 spiro atoms. The number of rotatable bonds is 2. The molecule has 0 saturated heterocycles.